The van der Waals surface area contributed by atoms with Gasteiger partial charge in [-0.3, -0.25) is 14.6 Å². The Labute approximate surface area is 234 Å². The van der Waals surface area contributed by atoms with Crippen molar-refractivity contribution < 1.29 is 23.9 Å². The molecule has 39 heavy (non-hydrogen) atoms. The maximum absolute atomic E-state index is 13.3. The second-order valence-electron chi connectivity index (χ2n) is 9.57. The first kappa shape index (κ1) is 28.4. The number of nitrogens with one attached hydrogen (secondary N) is 1. The minimum absolute atomic E-state index is 0.0359. The molecule has 10 heteroatoms. The Morgan fingerprint density at radius 2 is 1.74 bits per heavy atom. The first-order chi connectivity index (χ1) is 18.8. The highest BCUT2D eigenvalue weighted by atomic mass is 35.5. The molecule has 0 radical (unpaired) electrons. The summed E-state index contributed by atoms with van der Waals surface area (Å²) in [5, 5.41) is 3.54. The van der Waals surface area contributed by atoms with Gasteiger partial charge in [-0.15, -0.1) is 0 Å². The van der Waals surface area contributed by atoms with Gasteiger partial charge in [-0.25, -0.2) is 9.59 Å². The average molecular weight is 555 g/mol. The van der Waals surface area contributed by atoms with Gasteiger partial charge < -0.3 is 19.7 Å². The molecule has 4 rings (SSSR count). The van der Waals surface area contributed by atoms with E-state index in [0.717, 1.165) is 5.56 Å². The van der Waals surface area contributed by atoms with Crippen LogP contribution in [0.2, 0.25) is 5.02 Å². The second kappa shape index (κ2) is 12.5. The molecular weight excluding hydrogens is 520 g/mol. The van der Waals surface area contributed by atoms with E-state index in [1.54, 1.807) is 67.5 Å². The van der Waals surface area contributed by atoms with Gasteiger partial charge in [-0.1, -0.05) is 23.7 Å². The zero-order valence-electron chi connectivity index (χ0n) is 22.8. The van der Waals surface area contributed by atoms with Gasteiger partial charge in [0.2, 0.25) is 0 Å². The van der Waals surface area contributed by atoms with Gasteiger partial charge in [-0.2, -0.15) is 0 Å². The van der Waals surface area contributed by atoms with E-state index in [1.165, 1.54) is 0 Å². The minimum Gasteiger partial charge on any atom is -0.497 e. The van der Waals surface area contributed by atoms with Crippen molar-refractivity contribution in [3.05, 3.63) is 76.0 Å². The molecule has 0 bridgehead atoms. The fraction of sp³-hybridized carbons (Fsp3) is 0.414. The summed E-state index contributed by atoms with van der Waals surface area (Å²) in [5.74, 6) is 0.197. The quantitative estimate of drug-likeness (QED) is 0.494. The molecule has 9 nitrogen and oxygen atoms in total. The van der Waals surface area contributed by atoms with Crippen molar-refractivity contribution in [1.29, 1.82) is 0 Å². The van der Waals surface area contributed by atoms with Crippen LogP contribution in [-0.2, 0) is 9.53 Å². The SMILES string of the molecule is CCOC(=O)C1=C(CN2CCN(C(=O)c3ccc(OC)cc3)[C@H](C)C2)N(CC)C(=O)N[C@@H]1c1ccc(Cl)cc1. The Balaban J connectivity index is 1.60. The van der Waals surface area contributed by atoms with Crippen LogP contribution in [0.1, 0.15) is 42.7 Å². The fourth-order valence-electron chi connectivity index (χ4n) is 5.15. The summed E-state index contributed by atoms with van der Waals surface area (Å²) in [7, 11) is 1.59. The number of likely N-dealkylation sites (N-methyl/N-ethyl adjacent to an activating group) is 1. The summed E-state index contributed by atoms with van der Waals surface area (Å²) in [6.07, 6.45) is 0. The molecule has 2 atom stereocenters. The summed E-state index contributed by atoms with van der Waals surface area (Å²) in [6.45, 7) is 8.32. The van der Waals surface area contributed by atoms with E-state index in [9.17, 15) is 14.4 Å². The average Bonchev–Trinajstić information content (AvgIpc) is 2.93. The largest absolute Gasteiger partial charge is 0.497 e. The summed E-state index contributed by atoms with van der Waals surface area (Å²) < 4.78 is 10.7. The predicted molar refractivity (Wildman–Crippen MR) is 149 cm³/mol. The third kappa shape index (κ3) is 6.20. The molecule has 2 aliphatic rings. The van der Waals surface area contributed by atoms with Crippen LogP contribution in [0.4, 0.5) is 4.79 Å². The van der Waals surface area contributed by atoms with Gasteiger partial charge in [0.05, 0.1) is 25.3 Å². The number of piperazine rings is 1. The second-order valence-corrected chi connectivity index (χ2v) is 10.0. The molecule has 3 amide bonds. The summed E-state index contributed by atoms with van der Waals surface area (Å²) in [6, 6.07) is 13.2. The fourth-order valence-corrected chi connectivity index (χ4v) is 5.28. The summed E-state index contributed by atoms with van der Waals surface area (Å²) in [5.41, 5.74) is 2.37. The van der Waals surface area contributed by atoms with E-state index in [2.05, 4.69) is 10.2 Å². The maximum atomic E-state index is 13.3. The van der Waals surface area contributed by atoms with Crippen LogP contribution < -0.4 is 10.1 Å². The molecule has 0 saturated carbocycles. The lowest BCUT2D eigenvalue weighted by Crippen LogP contribution is -2.56. The summed E-state index contributed by atoms with van der Waals surface area (Å²) >= 11 is 6.09. The molecule has 2 aromatic rings. The van der Waals surface area contributed by atoms with Gasteiger partial charge in [0.15, 0.2) is 0 Å². The number of benzene rings is 2. The van der Waals surface area contributed by atoms with Crippen LogP contribution in [-0.4, -0.2) is 85.1 Å². The molecule has 2 aromatic carbocycles. The Hall–Kier alpha value is -3.56. The monoisotopic (exact) mass is 554 g/mol. The third-order valence-corrected chi connectivity index (χ3v) is 7.39. The van der Waals surface area contributed by atoms with Gasteiger partial charge in [-0.05, 0) is 62.7 Å². The molecule has 1 fully saturated rings. The zero-order valence-corrected chi connectivity index (χ0v) is 23.5. The number of ether oxygens (including phenoxy) is 2. The van der Waals surface area contributed by atoms with Crippen molar-refractivity contribution in [1.82, 2.24) is 20.0 Å². The number of rotatable bonds is 8. The van der Waals surface area contributed by atoms with Crippen LogP contribution in [0.3, 0.4) is 0 Å². The summed E-state index contributed by atoms with van der Waals surface area (Å²) in [4.78, 5) is 45.3. The van der Waals surface area contributed by atoms with E-state index in [4.69, 9.17) is 21.1 Å². The van der Waals surface area contributed by atoms with Gasteiger partial charge in [0.25, 0.3) is 5.91 Å². The highest BCUT2D eigenvalue weighted by Crippen LogP contribution is 2.33. The van der Waals surface area contributed by atoms with E-state index in [-0.39, 0.29) is 24.6 Å². The van der Waals surface area contributed by atoms with Crippen LogP contribution in [0.15, 0.2) is 59.8 Å². The smallest absolute Gasteiger partial charge is 0.338 e. The Morgan fingerprint density at radius 3 is 2.33 bits per heavy atom. The van der Waals surface area contributed by atoms with Gasteiger partial charge in [0, 0.05) is 55.0 Å². The van der Waals surface area contributed by atoms with Crippen molar-refractivity contribution in [2.45, 2.75) is 32.9 Å². The molecule has 0 aliphatic carbocycles. The van der Waals surface area contributed by atoms with E-state index >= 15 is 0 Å². The van der Waals surface area contributed by atoms with E-state index in [1.807, 2.05) is 18.7 Å². The highest BCUT2D eigenvalue weighted by Gasteiger charge is 2.39. The number of methoxy groups -OCH3 is 1. The topological polar surface area (TPSA) is 91.4 Å². The van der Waals surface area contributed by atoms with Gasteiger partial charge in [0.1, 0.15) is 5.75 Å². The minimum atomic E-state index is -0.665. The number of esters is 1. The van der Waals surface area contributed by atoms with Crippen molar-refractivity contribution >= 4 is 29.5 Å². The van der Waals surface area contributed by atoms with Crippen LogP contribution >= 0.6 is 11.6 Å². The lowest BCUT2D eigenvalue weighted by Gasteiger charge is -2.43. The predicted octanol–water partition coefficient (Wildman–Crippen LogP) is 4.10. The molecule has 2 aliphatic heterocycles. The van der Waals surface area contributed by atoms with Crippen molar-refractivity contribution in [3.63, 3.8) is 0 Å². The van der Waals surface area contributed by atoms with Crippen molar-refractivity contribution in [2.75, 3.05) is 46.4 Å². The highest BCUT2D eigenvalue weighted by molar-refractivity contribution is 6.30. The Morgan fingerprint density at radius 1 is 1.05 bits per heavy atom. The molecule has 2 heterocycles. The number of amides is 3. The number of hydrogen-bond acceptors (Lipinski definition) is 6. The molecule has 0 spiro atoms. The standard InChI is InChI=1S/C29H35ClN4O5/c1-5-33-24(25(28(36)39-6-2)26(31-29(33)37)20-7-11-22(30)12-8-20)18-32-15-16-34(19(3)17-32)27(35)21-9-13-23(38-4)14-10-21/h7-14,19,26H,5-6,15-18H2,1-4H3,(H,31,37)/t19-,26-/m1/s1. The molecule has 1 saturated heterocycles. The molecule has 1 N–H and O–H groups in total. The number of nitrogens with zero attached hydrogens (tertiary/aromatic N) is 3. The zero-order chi connectivity index (χ0) is 28.1. The number of hydrogen-bond donors (Lipinski definition) is 1. The van der Waals surface area contributed by atoms with E-state index < -0.39 is 12.0 Å². The van der Waals surface area contributed by atoms with Crippen molar-refractivity contribution in [2.24, 2.45) is 0 Å². The first-order valence-corrected chi connectivity index (χ1v) is 13.6. The number of carbonyl (C=O) groups excluding carboxylic acids is 3. The molecule has 0 aromatic heterocycles. The molecular formula is C29H35ClN4O5. The first-order valence-electron chi connectivity index (χ1n) is 13.2. The van der Waals surface area contributed by atoms with Gasteiger partial charge >= 0.3 is 12.0 Å². The lowest BCUT2D eigenvalue weighted by molar-refractivity contribution is -0.139. The number of halogens is 1. The Bertz CT molecular complexity index is 1230. The van der Waals surface area contributed by atoms with Crippen LogP contribution in [0.25, 0.3) is 0 Å². The molecule has 208 valence electrons. The number of carbonyl (C=O) groups is 3. The van der Waals surface area contributed by atoms with Crippen LogP contribution in [0.5, 0.6) is 5.75 Å². The van der Waals surface area contributed by atoms with E-state index in [0.29, 0.717) is 60.3 Å². The number of urea groups is 1. The Kier molecular flexibility index (Phi) is 9.14. The third-order valence-electron chi connectivity index (χ3n) is 7.14. The molecule has 0 unspecified atom stereocenters. The normalized spacial score (nSPS) is 20.1. The lowest BCUT2D eigenvalue weighted by atomic mass is 9.94. The van der Waals surface area contributed by atoms with Crippen LogP contribution in [0, 0.1) is 0 Å². The van der Waals surface area contributed by atoms with Crippen molar-refractivity contribution in [3.8, 4) is 5.75 Å². The maximum Gasteiger partial charge on any atom is 0.338 e.